The third-order valence-corrected chi connectivity index (χ3v) is 3.36. The smallest absolute Gasteiger partial charge is 0.191 e. The summed E-state index contributed by atoms with van der Waals surface area (Å²) in [7, 11) is 0. The largest absolute Gasteiger partial charge is 0.393 e. The first-order chi connectivity index (χ1) is 8.22. The molecule has 94 valence electrons. The van der Waals surface area contributed by atoms with E-state index < -0.39 is 0 Å². The summed E-state index contributed by atoms with van der Waals surface area (Å²) in [6, 6.07) is 1.83. The minimum absolute atomic E-state index is 0.180. The molecular formula is C10H17N5OS. The number of hydrogen-bond acceptors (Lipinski definition) is 7. The van der Waals surface area contributed by atoms with Gasteiger partial charge >= 0.3 is 0 Å². The average Bonchev–Trinajstić information content (AvgIpc) is 2.39. The van der Waals surface area contributed by atoms with Crippen LogP contribution in [0.25, 0.3) is 0 Å². The summed E-state index contributed by atoms with van der Waals surface area (Å²) >= 11 is 1.48. The van der Waals surface area contributed by atoms with Gasteiger partial charge in [-0.25, -0.2) is 15.8 Å². The second-order valence-electron chi connectivity index (χ2n) is 3.96. The van der Waals surface area contributed by atoms with Gasteiger partial charge in [0.1, 0.15) is 11.6 Å². The molecule has 0 unspecified atom stereocenters. The molecular weight excluding hydrogens is 238 g/mol. The van der Waals surface area contributed by atoms with Crippen molar-refractivity contribution in [3.63, 3.8) is 0 Å². The summed E-state index contributed by atoms with van der Waals surface area (Å²) in [6.07, 6.45) is 3.31. The van der Waals surface area contributed by atoms with Crippen LogP contribution in [0, 0.1) is 0 Å². The fraction of sp³-hybridized carbons (Fsp3) is 0.600. The van der Waals surface area contributed by atoms with Crippen molar-refractivity contribution in [2.24, 2.45) is 5.84 Å². The van der Waals surface area contributed by atoms with Gasteiger partial charge in [0.25, 0.3) is 0 Å². The minimum Gasteiger partial charge on any atom is -0.393 e. The maximum Gasteiger partial charge on any atom is 0.191 e. The Bertz CT molecular complexity index is 359. The van der Waals surface area contributed by atoms with Gasteiger partial charge in [-0.2, -0.15) is 0 Å². The molecule has 0 amide bonds. The second-order valence-corrected chi connectivity index (χ2v) is 4.73. The number of piperidine rings is 1. The lowest BCUT2D eigenvalue weighted by molar-refractivity contribution is 0.145. The summed E-state index contributed by atoms with van der Waals surface area (Å²) < 4.78 is 0. The van der Waals surface area contributed by atoms with E-state index in [9.17, 15) is 5.11 Å². The van der Waals surface area contributed by atoms with E-state index in [1.165, 1.54) is 11.8 Å². The number of nitrogens with two attached hydrogens (primary N) is 1. The van der Waals surface area contributed by atoms with E-state index in [0.717, 1.165) is 31.7 Å². The molecule has 0 saturated carbocycles. The Hall–Kier alpha value is -1.05. The predicted molar refractivity (Wildman–Crippen MR) is 69.1 cm³/mol. The van der Waals surface area contributed by atoms with Crippen LogP contribution in [-0.2, 0) is 0 Å². The molecule has 2 rings (SSSR count). The van der Waals surface area contributed by atoms with Crippen LogP contribution in [0.15, 0.2) is 11.2 Å². The molecule has 4 N–H and O–H groups in total. The molecule has 1 fully saturated rings. The van der Waals surface area contributed by atoms with Gasteiger partial charge in [-0.3, -0.25) is 0 Å². The molecule has 0 aromatic carbocycles. The number of nitrogens with one attached hydrogen (secondary N) is 1. The Labute approximate surface area is 105 Å². The number of hydrogen-bond donors (Lipinski definition) is 3. The molecule has 0 aliphatic carbocycles. The van der Waals surface area contributed by atoms with Crippen LogP contribution in [0.3, 0.4) is 0 Å². The quantitative estimate of drug-likeness (QED) is 0.313. The molecule has 0 atom stereocenters. The van der Waals surface area contributed by atoms with E-state index >= 15 is 0 Å². The highest BCUT2D eigenvalue weighted by Crippen LogP contribution is 2.22. The third kappa shape index (κ3) is 2.99. The van der Waals surface area contributed by atoms with E-state index in [1.54, 1.807) is 0 Å². The van der Waals surface area contributed by atoms with Gasteiger partial charge in [-0.15, -0.1) is 0 Å². The number of nitrogen functional groups attached to an aromatic ring is 1. The summed E-state index contributed by atoms with van der Waals surface area (Å²) in [5.41, 5.74) is 2.55. The molecule has 0 bridgehead atoms. The van der Waals surface area contributed by atoms with Crippen LogP contribution < -0.4 is 16.2 Å². The highest BCUT2D eigenvalue weighted by atomic mass is 32.2. The lowest BCUT2D eigenvalue weighted by Gasteiger charge is -2.30. The first-order valence-corrected chi connectivity index (χ1v) is 6.78. The molecule has 1 aromatic heterocycles. The molecule has 17 heavy (non-hydrogen) atoms. The first kappa shape index (κ1) is 12.4. The topological polar surface area (TPSA) is 87.3 Å². The Morgan fingerprint density at radius 3 is 2.76 bits per heavy atom. The van der Waals surface area contributed by atoms with Gasteiger partial charge in [0.2, 0.25) is 0 Å². The zero-order valence-corrected chi connectivity index (χ0v) is 10.6. The van der Waals surface area contributed by atoms with Crippen molar-refractivity contribution in [1.82, 2.24) is 9.97 Å². The highest BCUT2D eigenvalue weighted by Gasteiger charge is 2.19. The second kappa shape index (κ2) is 5.52. The molecule has 1 saturated heterocycles. The number of aliphatic hydroxyl groups is 1. The first-order valence-electron chi connectivity index (χ1n) is 5.55. The van der Waals surface area contributed by atoms with Crippen molar-refractivity contribution < 1.29 is 5.11 Å². The lowest BCUT2D eigenvalue weighted by atomic mass is 10.1. The fourth-order valence-electron chi connectivity index (χ4n) is 1.84. The highest BCUT2D eigenvalue weighted by molar-refractivity contribution is 7.98. The lowest BCUT2D eigenvalue weighted by Crippen LogP contribution is -2.36. The molecule has 6 nitrogen and oxygen atoms in total. The van der Waals surface area contributed by atoms with E-state index in [2.05, 4.69) is 20.3 Å². The molecule has 0 spiro atoms. The van der Waals surface area contributed by atoms with Crippen molar-refractivity contribution in [3.05, 3.63) is 6.07 Å². The van der Waals surface area contributed by atoms with Gasteiger partial charge in [0.15, 0.2) is 5.16 Å². The van der Waals surface area contributed by atoms with Crippen LogP contribution in [0.2, 0.25) is 0 Å². The summed E-state index contributed by atoms with van der Waals surface area (Å²) in [4.78, 5) is 10.8. The van der Waals surface area contributed by atoms with Crippen LogP contribution in [0.4, 0.5) is 11.6 Å². The number of thioether (sulfide) groups is 1. The van der Waals surface area contributed by atoms with Gasteiger partial charge in [0, 0.05) is 19.2 Å². The molecule has 1 aliphatic heterocycles. The summed E-state index contributed by atoms with van der Waals surface area (Å²) in [5, 5.41) is 10.2. The molecule has 1 aromatic rings. The standard InChI is InChI=1S/C10H17N5OS/c1-17-10-12-8(14-11)6-9(13-10)15-4-2-7(16)3-5-15/h6-7,16H,2-5,11H2,1H3,(H,12,13,14). The van der Waals surface area contributed by atoms with E-state index in [-0.39, 0.29) is 6.10 Å². The van der Waals surface area contributed by atoms with Crippen LogP contribution >= 0.6 is 11.8 Å². The van der Waals surface area contributed by atoms with Gasteiger partial charge < -0.3 is 15.4 Å². The maximum absolute atomic E-state index is 9.48. The van der Waals surface area contributed by atoms with Crippen LogP contribution in [0.1, 0.15) is 12.8 Å². The third-order valence-electron chi connectivity index (χ3n) is 2.81. The number of nitrogens with zero attached hydrogens (tertiary/aromatic N) is 3. The zero-order valence-electron chi connectivity index (χ0n) is 9.76. The molecule has 0 radical (unpaired) electrons. The van der Waals surface area contributed by atoms with Crippen LogP contribution in [-0.4, -0.2) is 40.5 Å². The SMILES string of the molecule is CSc1nc(NN)cc(N2CCC(O)CC2)n1. The Kier molecular flexibility index (Phi) is 4.03. The van der Waals surface area contributed by atoms with E-state index in [1.807, 2.05) is 12.3 Å². The van der Waals surface area contributed by atoms with Crippen molar-refractivity contribution in [3.8, 4) is 0 Å². The van der Waals surface area contributed by atoms with Crippen LogP contribution in [0.5, 0.6) is 0 Å². The zero-order chi connectivity index (χ0) is 12.3. The van der Waals surface area contributed by atoms with Gasteiger partial charge in [-0.1, -0.05) is 11.8 Å². The Morgan fingerprint density at radius 2 is 2.18 bits per heavy atom. The van der Waals surface area contributed by atoms with E-state index in [0.29, 0.717) is 11.0 Å². The van der Waals surface area contributed by atoms with Crippen molar-refractivity contribution in [2.45, 2.75) is 24.1 Å². The molecule has 7 heteroatoms. The van der Waals surface area contributed by atoms with Crippen molar-refractivity contribution >= 4 is 23.4 Å². The monoisotopic (exact) mass is 255 g/mol. The summed E-state index contributed by atoms with van der Waals surface area (Å²) in [5.74, 6) is 6.87. The molecule has 2 heterocycles. The Morgan fingerprint density at radius 1 is 1.47 bits per heavy atom. The number of anilines is 2. The van der Waals surface area contributed by atoms with Crippen molar-refractivity contribution in [1.29, 1.82) is 0 Å². The maximum atomic E-state index is 9.48. The van der Waals surface area contributed by atoms with E-state index in [4.69, 9.17) is 5.84 Å². The number of aromatic nitrogens is 2. The number of hydrazine groups is 1. The molecule has 1 aliphatic rings. The summed E-state index contributed by atoms with van der Waals surface area (Å²) in [6.45, 7) is 1.63. The van der Waals surface area contributed by atoms with Crippen molar-refractivity contribution in [2.75, 3.05) is 29.7 Å². The predicted octanol–water partition coefficient (Wildman–Crippen LogP) is 0.445. The normalized spacial score (nSPS) is 17.2. The fourth-order valence-corrected chi connectivity index (χ4v) is 2.21. The average molecular weight is 255 g/mol. The minimum atomic E-state index is -0.180. The van der Waals surface area contributed by atoms with Gasteiger partial charge in [-0.05, 0) is 19.1 Å². The number of rotatable bonds is 3. The number of aliphatic hydroxyl groups excluding tert-OH is 1. The Balaban J connectivity index is 2.19. The van der Waals surface area contributed by atoms with Gasteiger partial charge in [0.05, 0.1) is 6.10 Å².